The predicted octanol–water partition coefficient (Wildman–Crippen LogP) is 2.92. The number of aromatic nitrogens is 2. The van der Waals surface area contributed by atoms with Crippen LogP contribution in [0, 0.1) is 0 Å². The van der Waals surface area contributed by atoms with Crippen LogP contribution in [0.3, 0.4) is 0 Å². The van der Waals surface area contributed by atoms with Crippen LogP contribution >= 0.6 is 11.6 Å². The molecule has 0 unspecified atom stereocenters. The molecule has 2 rings (SSSR count). The minimum atomic E-state index is -0.548. The molecule has 0 saturated heterocycles. The first-order valence-corrected chi connectivity index (χ1v) is 6.18. The van der Waals surface area contributed by atoms with E-state index >= 15 is 0 Å². The second-order valence-corrected chi connectivity index (χ2v) is 4.77. The van der Waals surface area contributed by atoms with Crippen LogP contribution in [0.15, 0.2) is 30.3 Å². The third-order valence-electron chi connectivity index (χ3n) is 2.49. The van der Waals surface area contributed by atoms with Gasteiger partial charge >= 0.3 is 5.97 Å². The molecule has 0 saturated carbocycles. The minimum absolute atomic E-state index is 0.0806. The number of hydrogen-bond donors (Lipinski definition) is 1. The van der Waals surface area contributed by atoms with Crippen LogP contribution in [-0.4, -0.2) is 15.7 Å². The van der Waals surface area contributed by atoms with E-state index in [0.717, 1.165) is 0 Å². The standard InChI is InChI=1S/C13H14ClN3O2/c1-8(2)17-12(15)7-11(16-17)13(18)19-10-5-3-9(14)4-6-10/h3-8H,15H2,1-2H3. The second-order valence-electron chi connectivity index (χ2n) is 4.34. The van der Waals surface area contributed by atoms with Gasteiger partial charge < -0.3 is 10.5 Å². The molecule has 0 atom stereocenters. The van der Waals surface area contributed by atoms with E-state index in [0.29, 0.717) is 16.6 Å². The minimum Gasteiger partial charge on any atom is -0.422 e. The number of carbonyl (C=O) groups is 1. The van der Waals surface area contributed by atoms with Crippen molar-refractivity contribution in [1.29, 1.82) is 0 Å². The number of anilines is 1. The van der Waals surface area contributed by atoms with Crippen molar-refractivity contribution in [1.82, 2.24) is 9.78 Å². The highest BCUT2D eigenvalue weighted by Crippen LogP contribution is 2.18. The highest BCUT2D eigenvalue weighted by Gasteiger charge is 2.16. The van der Waals surface area contributed by atoms with Gasteiger partial charge in [-0.1, -0.05) is 11.6 Å². The summed E-state index contributed by atoms with van der Waals surface area (Å²) in [5.41, 5.74) is 5.95. The van der Waals surface area contributed by atoms with Gasteiger partial charge in [-0.2, -0.15) is 5.10 Å². The average Bonchev–Trinajstić information content (AvgIpc) is 2.74. The fourth-order valence-electron chi connectivity index (χ4n) is 1.58. The SMILES string of the molecule is CC(C)n1nc(C(=O)Oc2ccc(Cl)cc2)cc1N. The van der Waals surface area contributed by atoms with Crippen LogP contribution in [-0.2, 0) is 0 Å². The number of nitrogens with two attached hydrogens (primary N) is 1. The van der Waals surface area contributed by atoms with Gasteiger partial charge in [0.1, 0.15) is 11.6 Å². The Morgan fingerprint density at radius 1 is 1.37 bits per heavy atom. The molecule has 0 amide bonds. The van der Waals surface area contributed by atoms with E-state index in [4.69, 9.17) is 22.1 Å². The number of rotatable bonds is 3. The fraction of sp³-hybridized carbons (Fsp3) is 0.231. The lowest BCUT2D eigenvalue weighted by Crippen LogP contribution is -2.11. The number of nitrogen functional groups attached to an aromatic ring is 1. The Bertz CT molecular complexity index is 590. The van der Waals surface area contributed by atoms with Crippen molar-refractivity contribution in [2.45, 2.75) is 19.9 Å². The van der Waals surface area contributed by atoms with Crippen LogP contribution in [0.2, 0.25) is 5.02 Å². The summed E-state index contributed by atoms with van der Waals surface area (Å²) in [6.45, 7) is 3.86. The molecule has 0 aliphatic heterocycles. The molecular formula is C13H14ClN3O2. The van der Waals surface area contributed by atoms with E-state index in [1.807, 2.05) is 13.8 Å². The maximum atomic E-state index is 11.9. The number of hydrogen-bond acceptors (Lipinski definition) is 4. The highest BCUT2D eigenvalue weighted by atomic mass is 35.5. The van der Waals surface area contributed by atoms with Crippen LogP contribution in [0.1, 0.15) is 30.4 Å². The smallest absolute Gasteiger partial charge is 0.364 e. The molecule has 1 heterocycles. The van der Waals surface area contributed by atoms with Gasteiger partial charge in [0.25, 0.3) is 0 Å². The molecule has 0 radical (unpaired) electrons. The van der Waals surface area contributed by atoms with Gasteiger partial charge in [0.2, 0.25) is 0 Å². The van der Waals surface area contributed by atoms with Gasteiger partial charge in [-0.25, -0.2) is 9.48 Å². The van der Waals surface area contributed by atoms with E-state index in [9.17, 15) is 4.79 Å². The Balaban J connectivity index is 2.16. The van der Waals surface area contributed by atoms with Gasteiger partial charge in [0.15, 0.2) is 5.69 Å². The van der Waals surface area contributed by atoms with E-state index in [1.165, 1.54) is 6.07 Å². The average molecular weight is 280 g/mol. The topological polar surface area (TPSA) is 70.1 Å². The summed E-state index contributed by atoms with van der Waals surface area (Å²) in [4.78, 5) is 11.9. The summed E-state index contributed by atoms with van der Waals surface area (Å²) in [5.74, 6) is 0.290. The predicted molar refractivity (Wildman–Crippen MR) is 73.4 cm³/mol. The molecule has 1 aromatic heterocycles. The maximum Gasteiger partial charge on any atom is 0.364 e. The molecule has 0 fully saturated rings. The second kappa shape index (κ2) is 5.32. The molecule has 2 aromatic rings. The molecule has 6 heteroatoms. The largest absolute Gasteiger partial charge is 0.422 e. The van der Waals surface area contributed by atoms with E-state index in [2.05, 4.69) is 5.10 Å². The fourth-order valence-corrected chi connectivity index (χ4v) is 1.71. The van der Waals surface area contributed by atoms with Gasteiger partial charge in [0, 0.05) is 17.1 Å². The number of benzene rings is 1. The Hall–Kier alpha value is -2.01. The van der Waals surface area contributed by atoms with Crippen LogP contribution < -0.4 is 10.5 Å². The first-order chi connectivity index (χ1) is 8.97. The summed E-state index contributed by atoms with van der Waals surface area (Å²) in [5, 5.41) is 4.69. The third-order valence-corrected chi connectivity index (χ3v) is 2.74. The number of carbonyl (C=O) groups excluding carboxylic acids is 1. The van der Waals surface area contributed by atoms with E-state index in [-0.39, 0.29) is 11.7 Å². The lowest BCUT2D eigenvalue weighted by atomic mass is 10.3. The van der Waals surface area contributed by atoms with Crippen molar-refractivity contribution in [3.8, 4) is 5.75 Å². The number of ether oxygens (including phenoxy) is 1. The number of nitrogens with zero attached hydrogens (tertiary/aromatic N) is 2. The lowest BCUT2D eigenvalue weighted by molar-refractivity contribution is 0.0727. The molecule has 0 aliphatic rings. The third kappa shape index (κ3) is 3.06. The molecule has 1 aromatic carbocycles. The summed E-state index contributed by atoms with van der Waals surface area (Å²) in [6.07, 6.45) is 0. The molecule has 2 N–H and O–H groups in total. The molecule has 0 bridgehead atoms. The van der Waals surface area contributed by atoms with Gasteiger partial charge in [0.05, 0.1) is 0 Å². The summed E-state index contributed by atoms with van der Waals surface area (Å²) >= 11 is 5.75. The van der Waals surface area contributed by atoms with E-state index < -0.39 is 5.97 Å². The summed E-state index contributed by atoms with van der Waals surface area (Å²) in [7, 11) is 0. The van der Waals surface area contributed by atoms with Crippen LogP contribution in [0.25, 0.3) is 0 Å². The Kier molecular flexibility index (Phi) is 3.76. The molecule has 5 nitrogen and oxygen atoms in total. The van der Waals surface area contributed by atoms with Gasteiger partial charge in [-0.15, -0.1) is 0 Å². The van der Waals surface area contributed by atoms with Crippen molar-refractivity contribution in [2.24, 2.45) is 0 Å². The Morgan fingerprint density at radius 3 is 2.53 bits per heavy atom. The van der Waals surface area contributed by atoms with Crippen molar-refractivity contribution < 1.29 is 9.53 Å². The zero-order valence-electron chi connectivity index (χ0n) is 10.6. The van der Waals surface area contributed by atoms with Gasteiger partial charge in [-0.05, 0) is 38.1 Å². The van der Waals surface area contributed by atoms with Crippen molar-refractivity contribution in [3.05, 3.63) is 41.0 Å². The Labute approximate surface area is 115 Å². The lowest BCUT2D eigenvalue weighted by Gasteiger charge is -2.06. The zero-order valence-corrected chi connectivity index (χ0v) is 11.4. The van der Waals surface area contributed by atoms with Crippen molar-refractivity contribution in [2.75, 3.05) is 5.73 Å². The van der Waals surface area contributed by atoms with Gasteiger partial charge in [-0.3, -0.25) is 0 Å². The summed E-state index contributed by atoms with van der Waals surface area (Å²) in [6, 6.07) is 8.10. The summed E-state index contributed by atoms with van der Waals surface area (Å²) < 4.78 is 6.74. The highest BCUT2D eigenvalue weighted by molar-refractivity contribution is 6.30. The number of halogens is 1. The van der Waals surface area contributed by atoms with E-state index in [1.54, 1.807) is 28.9 Å². The molecule has 0 aliphatic carbocycles. The zero-order chi connectivity index (χ0) is 14.0. The first kappa shape index (κ1) is 13.4. The van der Waals surface area contributed by atoms with Crippen molar-refractivity contribution >= 4 is 23.4 Å². The van der Waals surface area contributed by atoms with Crippen LogP contribution in [0.5, 0.6) is 5.75 Å². The molecule has 100 valence electrons. The Morgan fingerprint density at radius 2 is 2.00 bits per heavy atom. The normalized spacial score (nSPS) is 10.7. The molecular weight excluding hydrogens is 266 g/mol. The molecule has 19 heavy (non-hydrogen) atoms. The molecule has 0 spiro atoms. The quantitative estimate of drug-likeness (QED) is 0.693. The van der Waals surface area contributed by atoms with Crippen LogP contribution in [0.4, 0.5) is 5.82 Å². The first-order valence-electron chi connectivity index (χ1n) is 5.80. The number of esters is 1. The van der Waals surface area contributed by atoms with Crippen molar-refractivity contribution in [3.63, 3.8) is 0 Å². The maximum absolute atomic E-state index is 11.9. The monoisotopic (exact) mass is 279 g/mol.